The van der Waals surface area contributed by atoms with E-state index in [1.165, 1.54) is 12.1 Å². The number of nitrogens with one attached hydrogen (secondary N) is 1. The number of aromatic nitrogens is 1. The van der Waals surface area contributed by atoms with E-state index in [1.807, 2.05) is 12.3 Å². The summed E-state index contributed by atoms with van der Waals surface area (Å²) < 4.78 is 14.3. The lowest BCUT2D eigenvalue weighted by Crippen LogP contribution is -2.24. The molecule has 0 amide bonds. The van der Waals surface area contributed by atoms with E-state index in [2.05, 4.69) is 33.2 Å². The first-order chi connectivity index (χ1) is 10.1. The average Bonchev–Trinajstić information content (AvgIpc) is 2.47. The molecule has 0 spiro atoms. The molecule has 0 aliphatic carbocycles. The molecule has 21 heavy (non-hydrogen) atoms. The summed E-state index contributed by atoms with van der Waals surface area (Å²) in [5.74, 6) is -0.268. The van der Waals surface area contributed by atoms with Crippen LogP contribution in [0.3, 0.4) is 0 Å². The second-order valence-corrected chi connectivity index (χ2v) is 6.21. The molecule has 112 valence electrons. The van der Waals surface area contributed by atoms with Crippen LogP contribution in [0.5, 0.6) is 0 Å². The van der Waals surface area contributed by atoms with Gasteiger partial charge in [-0.2, -0.15) is 0 Å². The SMILES string of the molecule is CCCNC(Cc1cc(F)ccc1Cl)c1cncc(Br)c1. The highest BCUT2D eigenvalue weighted by atomic mass is 79.9. The molecule has 1 atom stereocenters. The molecule has 0 aliphatic heterocycles. The summed E-state index contributed by atoms with van der Waals surface area (Å²) in [4.78, 5) is 4.20. The van der Waals surface area contributed by atoms with Gasteiger partial charge in [-0.1, -0.05) is 18.5 Å². The molecule has 1 unspecified atom stereocenters. The normalized spacial score (nSPS) is 12.4. The molecule has 0 saturated heterocycles. The fraction of sp³-hybridized carbons (Fsp3) is 0.312. The lowest BCUT2D eigenvalue weighted by Gasteiger charge is -2.19. The van der Waals surface area contributed by atoms with E-state index in [-0.39, 0.29) is 11.9 Å². The number of rotatable bonds is 6. The van der Waals surface area contributed by atoms with Gasteiger partial charge >= 0.3 is 0 Å². The largest absolute Gasteiger partial charge is 0.310 e. The highest BCUT2D eigenvalue weighted by Crippen LogP contribution is 2.25. The predicted molar refractivity (Wildman–Crippen MR) is 88.1 cm³/mol. The maximum atomic E-state index is 13.4. The van der Waals surface area contributed by atoms with Gasteiger partial charge in [-0.05, 0) is 70.7 Å². The molecule has 1 N–H and O–H groups in total. The molecular weight excluding hydrogens is 355 g/mol. The third-order valence-electron chi connectivity index (χ3n) is 3.20. The van der Waals surface area contributed by atoms with Gasteiger partial charge < -0.3 is 5.32 Å². The van der Waals surface area contributed by atoms with Crippen LogP contribution in [0.2, 0.25) is 5.02 Å². The molecule has 1 heterocycles. The minimum absolute atomic E-state index is 0.0502. The molecule has 2 rings (SSSR count). The van der Waals surface area contributed by atoms with Crippen molar-refractivity contribution in [1.29, 1.82) is 0 Å². The van der Waals surface area contributed by atoms with Crippen LogP contribution in [0.25, 0.3) is 0 Å². The van der Waals surface area contributed by atoms with Crippen molar-refractivity contribution in [2.24, 2.45) is 0 Å². The molecule has 2 aromatic rings. The van der Waals surface area contributed by atoms with Crippen LogP contribution in [0.1, 0.15) is 30.5 Å². The Morgan fingerprint density at radius 1 is 1.33 bits per heavy atom. The summed E-state index contributed by atoms with van der Waals surface area (Å²) in [6, 6.07) is 6.54. The fourth-order valence-corrected chi connectivity index (χ4v) is 2.74. The van der Waals surface area contributed by atoms with Crippen molar-refractivity contribution in [3.05, 3.63) is 63.1 Å². The van der Waals surface area contributed by atoms with Gasteiger partial charge in [-0.25, -0.2) is 4.39 Å². The first kappa shape index (κ1) is 16.4. The molecule has 1 aromatic carbocycles. The van der Waals surface area contributed by atoms with Crippen LogP contribution in [-0.4, -0.2) is 11.5 Å². The van der Waals surface area contributed by atoms with Gasteiger partial charge in [0.05, 0.1) is 0 Å². The Balaban J connectivity index is 2.25. The van der Waals surface area contributed by atoms with Crippen LogP contribution in [0.15, 0.2) is 41.1 Å². The Kier molecular flexibility index (Phi) is 6.15. The third-order valence-corrected chi connectivity index (χ3v) is 4.00. The highest BCUT2D eigenvalue weighted by molar-refractivity contribution is 9.10. The van der Waals surface area contributed by atoms with Gasteiger partial charge in [-0.15, -0.1) is 0 Å². The van der Waals surface area contributed by atoms with Crippen molar-refractivity contribution in [1.82, 2.24) is 10.3 Å². The number of pyridine rings is 1. The maximum absolute atomic E-state index is 13.4. The summed E-state index contributed by atoms with van der Waals surface area (Å²) in [5, 5.41) is 4.05. The van der Waals surface area contributed by atoms with Gasteiger partial charge in [0.1, 0.15) is 5.82 Å². The monoisotopic (exact) mass is 370 g/mol. The zero-order valence-electron chi connectivity index (χ0n) is 11.7. The maximum Gasteiger partial charge on any atom is 0.123 e. The molecule has 0 radical (unpaired) electrons. The van der Waals surface area contributed by atoms with Crippen LogP contribution < -0.4 is 5.32 Å². The Morgan fingerprint density at radius 2 is 2.14 bits per heavy atom. The quantitative estimate of drug-likeness (QED) is 0.779. The fourth-order valence-electron chi connectivity index (χ4n) is 2.16. The predicted octanol–water partition coefficient (Wildman–Crippen LogP) is 4.92. The number of hydrogen-bond donors (Lipinski definition) is 1. The summed E-state index contributed by atoms with van der Waals surface area (Å²) >= 11 is 9.61. The van der Waals surface area contributed by atoms with Crippen molar-refractivity contribution in [3.8, 4) is 0 Å². The number of halogens is 3. The first-order valence-electron chi connectivity index (χ1n) is 6.88. The second-order valence-electron chi connectivity index (χ2n) is 4.88. The van der Waals surface area contributed by atoms with Crippen molar-refractivity contribution in [2.75, 3.05) is 6.54 Å². The van der Waals surface area contributed by atoms with Crippen molar-refractivity contribution in [2.45, 2.75) is 25.8 Å². The molecular formula is C16H17BrClFN2. The topological polar surface area (TPSA) is 24.9 Å². The van der Waals surface area contributed by atoms with Crippen molar-refractivity contribution >= 4 is 27.5 Å². The Morgan fingerprint density at radius 3 is 2.86 bits per heavy atom. The first-order valence-corrected chi connectivity index (χ1v) is 8.05. The van der Waals surface area contributed by atoms with Crippen LogP contribution in [0.4, 0.5) is 4.39 Å². The summed E-state index contributed by atoms with van der Waals surface area (Å²) in [7, 11) is 0. The standard InChI is InChI=1S/C16H17BrClFN2/c1-2-5-21-16(12-6-13(17)10-20-9-12)8-11-7-14(19)3-4-15(11)18/h3-4,6-7,9-10,16,21H,2,5,8H2,1H3. The Bertz CT molecular complexity index is 607. The highest BCUT2D eigenvalue weighted by Gasteiger charge is 2.15. The van der Waals surface area contributed by atoms with Crippen molar-refractivity contribution < 1.29 is 4.39 Å². The number of benzene rings is 1. The second kappa shape index (κ2) is 7.87. The molecule has 1 aromatic heterocycles. The van der Waals surface area contributed by atoms with Gasteiger partial charge in [0.2, 0.25) is 0 Å². The molecule has 0 aliphatic rings. The molecule has 0 saturated carbocycles. The van der Waals surface area contributed by atoms with Crippen LogP contribution in [0, 0.1) is 5.82 Å². The van der Waals surface area contributed by atoms with Gasteiger partial charge in [0.15, 0.2) is 0 Å². The molecule has 5 heteroatoms. The minimum atomic E-state index is -0.268. The molecule has 2 nitrogen and oxygen atoms in total. The Labute approximate surface area is 137 Å². The van der Waals surface area contributed by atoms with E-state index < -0.39 is 0 Å². The summed E-state index contributed by atoms with van der Waals surface area (Å²) in [6.45, 7) is 2.99. The van der Waals surface area contributed by atoms with E-state index in [1.54, 1.807) is 12.3 Å². The average molecular weight is 372 g/mol. The van der Waals surface area contributed by atoms with Crippen LogP contribution >= 0.6 is 27.5 Å². The smallest absolute Gasteiger partial charge is 0.123 e. The lowest BCUT2D eigenvalue weighted by molar-refractivity contribution is 0.525. The van der Waals surface area contributed by atoms with Crippen molar-refractivity contribution in [3.63, 3.8) is 0 Å². The number of nitrogens with zero attached hydrogens (tertiary/aromatic N) is 1. The van der Waals surface area contributed by atoms with Gasteiger partial charge in [0.25, 0.3) is 0 Å². The summed E-state index contributed by atoms with van der Waals surface area (Å²) in [5.41, 5.74) is 1.85. The minimum Gasteiger partial charge on any atom is -0.310 e. The van der Waals surface area contributed by atoms with E-state index in [9.17, 15) is 4.39 Å². The lowest BCUT2D eigenvalue weighted by atomic mass is 10.00. The number of hydrogen-bond acceptors (Lipinski definition) is 2. The van der Waals surface area contributed by atoms with E-state index >= 15 is 0 Å². The van der Waals surface area contributed by atoms with E-state index in [0.717, 1.165) is 28.6 Å². The van der Waals surface area contributed by atoms with Gasteiger partial charge in [-0.3, -0.25) is 4.98 Å². The third kappa shape index (κ3) is 4.77. The molecule has 0 bridgehead atoms. The zero-order valence-corrected chi connectivity index (χ0v) is 14.1. The van der Waals surface area contributed by atoms with Crippen LogP contribution in [-0.2, 0) is 6.42 Å². The summed E-state index contributed by atoms with van der Waals surface area (Å²) in [6.07, 6.45) is 5.21. The molecule has 0 fully saturated rings. The van der Waals surface area contributed by atoms with E-state index in [0.29, 0.717) is 11.4 Å². The van der Waals surface area contributed by atoms with E-state index in [4.69, 9.17) is 11.6 Å². The van der Waals surface area contributed by atoms with Gasteiger partial charge in [0, 0.05) is 27.9 Å². The Hall–Kier alpha value is -0.970. The zero-order chi connectivity index (χ0) is 15.2.